The molecule has 0 bridgehead atoms. The molecule has 0 amide bonds. The first-order valence-electron chi connectivity index (χ1n) is 14.9. The number of hydrogen-bond acceptors (Lipinski definition) is 2. The summed E-state index contributed by atoms with van der Waals surface area (Å²) < 4.78 is 6.32. The van der Waals surface area contributed by atoms with Crippen molar-refractivity contribution in [1.82, 2.24) is 0 Å². The number of furan rings is 1. The number of hydrogen-bond donors (Lipinski definition) is 0. The number of rotatable bonds is 6. The molecular formula is C42H29NO. The van der Waals surface area contributed by atoms with E-state index in [4.69, 9.17) is 4.42 Å². The Hall–Kier alpha value is -5.86. The van der Waals surface area contributed by atoms with Gasteiger partial charge >= 0.3 is 0 Å². The molecule has 8 rings (SSSR count). The van der Waals surface area contributed by atoms with Gasteiger partial charge in [-0.2, -0.15) is 0 Å². The van der Waals surface area contributed by atoms with E-state index in [0.717, 1.165) is 50.1 Å². The van der Waals surface area contributed by atoms with Crippen molar-refractivity contribution in [2.75, 3.05) is 4.90 Å². The van der Waals surface area contributed by atoms with Crippen molar-refractivity contribution in [2.45, 2.75) is 0 Å². The van der Waals surface area contributed by atoms with Crippen LogP contribution in [0.25, 0.3) is 55.3 Å². The summed E-state index contributed by atoms with van der Waals surface area (Å²) in [5.41, 5.74) is 12.2. The molecule has 2 nitrogen and oxygen atoms in total. The average molecular weight is 564 g/mol. The third-order valence-electron chi connectivity index (χ3n) is 8.31. The van der Waals surface area contributed by atoms with Gasteiger partial charge in [0.1, 0.15) is 11.2 Å². The zero-order valence-corrected chi connectivity index (χ0v) is 24.1. The Labute approximate surface area is 257 Å². The van der Waals surface area contributed by atoms with Crippen LogP contribution < -0.4 is 4.90 Å². The Balaban J connectivity index is 1.13. The summed E-state index contributed by atoms with van der Waals surface area (Å²) in [5.74, 6) is 0. The Kier molecular flexibility index (Phi) is 6.51. The van der Waals surface area contributed by atoms with E-state index >= 15 is 0 Å². The highest BCUT2D eigenvalue weighted by Gasteiger charge is 2.15. The largest absolute Gasteiger partial charge is 0.455 e. The Morgan fingerprint density at radius 3 is 1.41 bits per heavy atom. The fourth-order valence-electron chi connectivity index (χ4n) is 6.08. The molecule has 1 heterocycles. The molecule has 0 atom stereocenters. The molecule has 0 unspecified atom stereocenters. The molecule has 0 fully saturated rings. The molecule has 0 aliphatic heterocycles. The van der Waals surface area contributed by atoms with Crippen LogP contribution in [0.2, 0.25) is 0 Å². The maximum Gasteiger partial charge on any atom is 0.143 e. The second kappa shape index (κ2) is 11.1. The second-order valence-electron chi connectivity index (χ2n) is 11.0. The van der Waals surface area contributed by atoms with Crippen molar-refractivity contribution >= 4 is 39.0 Å². The number of para-hydroxylation sites is 3. The predicted molar refractivity (Wildman–Crippen MR) is 185 cm³/mol. The van der Waals surface area contributed by atoms with Gasteiger partial charge in [-0.15, -0.1) is 0 Å². The molecule has 208 valence electrons. The van der Waals surface area contributed by atoms with Gasteiger partial charge in [0.2, 0.25) is 0 Å². The minimum Gasteiger partial charge on any atom is -0.455 e. The topological polar surface area (TPSA) is 16.4 Å². The van der Waals surface area contributed by atoms with Gasteiger partial charge in [-0.3, -0.25) is 0 Å². The summed E-state index contributed by atoms with van der Waals surface area (Å²) >= 11 is 0. The number of benzene rings is 7. The van der Waals surface area contributed by atoms with Gasteiger partial charge in [-0.05, 0) is 70.3 Å². The normalized spacial score (nSPS) is 11.2. The molecule has 0 saturated carbocycles. The molecule has 0 aliphatic rings. The van der Waals surface area contributed by atoms with Crippen LogP contribution in [0.15, 0.2) is 180 Å². The highest BCUT2D eigenvalue weighted by molar-refractivity contribution is 6.09. The van der Waals surface area contributed by atoms with Gasteiger partial charge in [-0.1, -0.05) is 133 Å². The first-order chi connectivity index (χ1) is 21.8. The molecule has 0 N–H and O–H groups in total. The van der Waals surface area contributed by atoms with Crippen molar-refractivity contribution in [1.29, 1.82) is 0 Å². The lowest BCUT2D eigenvalue weighted by atomic mass is 10.00. The van der Waals surface area contributed by atoms with Gasteiger partial charge in [-0.25, -0.2) is 0 Å². The number of fused-ring (bicyclic) bond motifs is 3. The van der Waals surface area contributed by atoms with Crippen LogP contribution in [-0.4, -0.2) is 0 Å². The third kappa shape index (κ3) is 4.73. The molecule has 2 heteroatoms. The van der Waals surface area contributed by atoms with Crippen molar-refractivity contribution in [3.63, 3.8) is 0 Å². The van der Waals surface area contributed by atoms with Gasteiger partial charge in [0, 0.05) is 33.4 Å². The summed E-state index contributed by atoms with van der Waals surface area (Å²) in [6, 6.07) is 62.0. The summed E-state index contributed by atoms with van der Waals surface area (Å²) in [6.45, 7) is 0. The predicted octanol–water partition coefficient (Wildman–Crippen LogP) is 12.1. The van der Waals surface area contributed by atoms with Gasteiger partial charge in [0.25, 0.3) is 0 Å². The van der Waals surface area contributed by atoms with Crippen LogP contribution in [0.3, 0.4) is 0 Å². The van der Waals surface area contributed by atoms with Gasteiger partial charge < -0.3 is 9.32 Å². The maximum atomic E-state index is 6.32. The first-order valence-corrected chi connectivity index (χ1v) is 14.9. The van der Waals surface area contributed by atoms with Crippen molar-refractivity contribution in [2.24, 2.45) is 0 Å². The van der Waals surface area contributed by atoms with E-state index in [1.165, 1.54) is 22.3 Å². The first kappa shape index (κ1) is 25.8. The van der Waals surface area contributed by atoms with Crippen molar-refractivity contribution < 1.29 is 4.42 Å². The highest BCUT2D eigenvalue weighted by atomic mass is 16.3. The second-order valence-corrected chi connectivity index (χ2v) is 11.0. The minimum atomic E-state index is 0.914. The van der Waals surface area contributed by atoms with E-state index in [9.17, 15) is 0 Å². The van der Waals surface area contributed by atoms with Crippen LogP contribution in [-0.2, 0) is 0 Å². The fourth-order valence-corrected chi connectivity index (χ4v) is 6.08. The molecule has 44 heavy (non-hydrogen) atoms. The lowest BCUT2D eigenvalue weighted by molar-refractivity contribution is 0.670. The van der Waals surface area contributed by atoms with Gasteiger partial charge in [0.05, 0.1) is 0 Å². The SMILES string of the molecule is c1ccc(-c2ccc(-c3ccc(N(c4ccccc4)c4ccc(-c5cccc6c5oc5ccccc56)cc4)cc3)cc2)cc1. The summed E-state index contributed by atoms with van der Waals surface area (Å²) in [6.07, 6.45) is 0. The van der Waals surface area contributed by atoms with Crippen LogP contribution in [0.4, 0.5) is 17.1 Å². The third-order valence-corrected chi connectivity index (χ3v) is 8.31. The van der Waals surface area contributed by atoms with E-state index in [0.29, 0.717) is 0 Å². The summed E-state index contributed by atoms with van der Waals surface area (Å²) in [4.78, 5) is 2.30. The quantitative estimate of drug-likeness (QED) is 0.200. The fraction of sp³-hybridized carbons (Fsp3) is 0. The standard InChI is InChI=1S/C42H29NO/c1-3-10-30(11-4-1)31-18-20-32(21-19-31)33-22-26-36(27-23-33)43(35-12-5-2-6-13-35)37-28-24-34(25-29-37)38-15-9-16-40-39-14-7-8-17-41(39)44-42(38)40/h1-29H. The number of anilines is 3. The summed E-state index contributed by atoms with van der Waals surface area (Å²) in [5, 5.41) is 2.29. The lowest BCUT2D eigenvalue weighted by Crippen LogP contribution is -2.09. The smallest absolute Gasteiger partial charge is 0.143 e. The van der Waals surface area contributed by atoms with Crippen molar-refractivity contribution in [3.8, 4) is 33.4 Å². The zero-order chi connectivity index (χ0) is 29.3. The van der Waals surface area contributed by atoms with Crippen LogP contribution in [0.1, 0.15) is 0 Å². The molecule has 0 spiro atoms. The average Bonchev–Trinajstić information content (AvgIpc) is 3.49. The van der Waals surface area contributed by atoms with E-state index in [-0.39, 0.29) is 0 Å². The van der Waals surface area contributed by atoms with E-state index < -0.39 is 0 Å². The van der Waals surface area contributed by atoms with E-state index in [2.05, 4.69) is 169 Å². The van der Waals surface area contributed by atoms with Crippen LogP contribution in [0, 0.1) is 0 Å². The molecule has 7 aromatic carbocycles. The zero-order valence-electron chi connectivity index (χ0n) is 24.1. The van der Waals surface area contributed by atoms with E-state index in [1.807, 2.05) is 12.1 Å². The molecule has 1 aromatic heterocycles. The molecule has 0 radical (unpaired) electrons. The Morgan fingerprint density at radius 1 is 0.318 bits per heavy atom. The number of nitrogens with zero attached hydrogens (tertiary/aromatic N) is 1. The Morgan fingerprint density at radius 2 is 0.773 bits per heavy atom. The minimum absolute atomic E-state index is 0.914. The van der Waals surface area contributed by atoms with Gasteiger partial charge in [0.15, 0.2) is 0 Å². The molecule has 0 aliphatic carbocycles. The monoisotopic (exact) mass is 563 g/mol. The Bertz CT molecular complexity index is 2180. The molecule has 8 aromatic rings. The molecular weight excluding hydrogens is 534 g/mol. The molecule has 0 saturated heterocycles. The van der Waals surface area contributed by atoms with E-state index in [1.54, 1.807) is 0 Å². The van der Waals surface area contributed by atoms with Crippen molar-refractivity contribution in [3.05, 3.63) is 176 Å². The highest BCUT2D eigenvalue weighted by Crippen LogP contribution is 2.39. The maximum absolute atomic E-state index is 6.32. The van der Waals surface area contributed by atoms with Crippen LogP contribution in [0.5, 0.6) is 0 Å². The van der Waals surface area contributed by atoms with Crippen LogP contribution >= 0.6 is 0 Å². The summed E-state index contributed by atoms with van der Waals surface area (Å²) in [7, 11) is 0. The lowest BCUT2D eigenvalue weighted by Gasteiger charge is -2.26.